The summed E-state index contributed by atoms with van der Waals surface area (Å²) < 4.78 is 1.46. The number of hydrogen-bond acceptors (Lipinski definition) is 5. The summed E-state index contributed by atoms with van der Waals surface area (Å²) in [4.78, 5) is 24.4. The number of nitrogens with zero attached hydrogens (tertiary/aromatic N) is 4. The van der Waals surface area contributed by atoms with Gasteiger partial charge in [-0.1, -0.05) is 12.1 Å². The van der Waals surface area contributed by atoms with Crippen molar-refractivity contribution in [3.8, 4) is 0 Å². The fourth-order valence-corrected chi connectivity index (χ4v) is 1.82. The first-order chi connectivity index (χ1) is 9.20. The minimum Gasteiger partial charge on any atom is -0.336 e. The summed E-state index contributed by atoms with van der Waals surface area (Å²) in [6.07, 6.45) is 2.77. The topological polar surface area (TPSA) is 92.2 Å². The van der Waals surface area contributed by atoms with Gasteiger partial charge < -0.3 is 10.6 Å². The monoisotopic (exact) mass is 266 g/mol. The number of amides is 3. The molecule has 0 saturated carbocycles. The molecule has 104 valence electrons. The lowest BCUT2D eigenvalue weighted by Gasteiger charge is -2.11. The molecule has 1 saturated heterocycles. The van der Waals surface area contributed by atoms with Gasteiger partial charge in [0.2, 0.25) is 0 Å². The molecule has 8 heteroatoms. The molecule has 0 aromatic carbocycles. The van der Waals surface area contributed by atoms with Crippen molar-refractivity contribution in [1.29, 1.82) is 0 Å². The highest BCUT2D eigenvalue weighted by Gasteiger charge is 2.26. The molecular weight excluding hydrogens is 248 g/mol. The SMILES string of the molecule is CCCNCc1cn(CC(=O)N2CCNC2=O)nn1. The highest BCUT2D eigenvalue weighted by Crippen LogP contribution is 2.00. The lowest BCUT2D eigenvalue weighted by Crippen LogP contribution is -2.36. The molecule has 2 rings (SSSR count). The van der Waals surface area contributed by atoms with Crippen LogP contribution in [-0.2, 0) is 17.9 Å². The van der Waals surface area contributed by atoms with Crippen molar-refractivity contribution in [1.82, 2.24) is 30.5 Å². The highest BCUT2D eigenvalue weighted by atomic mass is 16.2. The van der Waals surface area contributed by atoms with Crippen molar-refractivity contribution in [3.05, 3.63) is 11.9 Å². The van der Waals surface area contributed by atoms with Gasteiger partial charge in [-0.25, -0.2) is 9.48 Å². The maximum atomic E-state index is 11.9. The van der Waals surface area contributed by atoms with Gasteiger partial charge in [-0.15, -0.1) is 5.10 Å². The minimum absolute atomic E-state index is 0.0359. The van der Waals surface area contributed by atoms with Crippen molar-refractivity contribution < 1.29 is 9.59 Å². The average molecular weight is 266 g/mol. The third kappa shape index (κ3) is 3.50. The first-order valence-corrected chi connectivity index (χ1v) is 6.38. The van der Waals surface area contributed by atoms with Crippen LogP contribution in [0.15, 0.2) is 6.20 Å². The summed E-state index contributed by atoms with van der Waals surface area (Å²) in [5.74, 6) is -0.270. The molecule has 0 radical (unpaired) electrons. The zero-order chi connectivity index (χ0) is 13.7. The van der Waals surface area contributed by atoms with Crippen LogP contribution in [0.25, 0.3) is 0 Å². The van der Waals surface area contributed by atoms with Crippen LogP contribution in [0.3, 0.4) is 0 Å². The van der Waals surface area contributed by atoms with Gasteiger partial charge in [0.15, 0.2) is 0 Å². The van der Waals surface area contributed by atoms with E-state index in [1.807, 2.05) is 0 Å². The van der Waals surface area contributed by atoms with Gasteiger partial charge in [-0.2, -0.15) is 0 Å². The Kier molecular flexibility index (Phi) is 4.45. The Morgan fingerprint density at radius 3 is 3.11 bits per heavy atom. The molecule has 2 heterocycles. The molecule has 8 nitrogen and oxygen atoms in total. The van der Waals surface area contributed by atoms with Crippen LogP contribution in [0.4, 0.5) is 4.79 Å². The second kappa shape index (κ2) is 6.28. The highest BCUT2D eigenvalue weighted by molar-refractivity contribution is 5.95. The molecule has 1 fully saturated rings. The lowest BCUT2D eigenvalue weighted by molar-refractivity contribution is -0.128. The summed E-state index contributed by atoms with van der Waals surface area (Å²) in [6, 6.07) is -0.338. The van der Waals surface area contributed by atoms with Gasteiger partial charge in [0.25, 0.3) is 5.91 Å². The second-order valence-electron chi connectivity index (χ2n) is 4.36. The van der Waals surface area contributed by atoms with E-state index in [9.17, 15) is 9.59 Å². The van der Waals surface area contributed by atoms with E-state index in [-0.39, 0.29) is 18.5 Å². The van der Waals surface area contributed by atoms with E-state index in [4.69, 9.17) is 0 Å². The standard InChI is InChI=1S/C11H18N6O2/c1-2-3-12-6-9-7-16(15-14-9)8-10(18)17-5-4-13-11(17)19/h7,12H,2-6,8H2,1H3,(H,13,19). The first-order valence-electron chi connectivity index (χ1n) is 6.38. The van der Waals surface area contributed by atoms with Crippen LogP contribution in [0.2, 0.25) is 0 Å². The van der Waals surface area contributed by atoms with Gasteiger partial charge >= 0.3 is 6.03 Å². The molecular formula is C11H18N6O2. The summed E-state index contributed by atoms with van der Waals surface area (Å²) in [6.45, 7) is 4.59. The summed E-state index contributed by atoms with van der Waals surface area (Å²) >= 11 is 0. The molecule has 0 aliphatic carbocycles. The maximum Gasteiger partial charge on any atom is 0.324 e. The van der Waals surface area contributed by atoms with Crippen LogP contribution in [0.1, 0.15) is 19.0 Å². The lowest BCUT2D eigenvalue weighted by atomic mass is 10.4. The Bertz CT molecular complexity index is 458. The fraction of sp³-hybridized carbons (Fsp3) is 0.636. The van der Waals surface area contributed by atoms with Gasteiger partial charge in [0.05, 0.1) is 11.9 Å². The molecule has 19 heavy (non-hydrogen) atoms. The van der Waals surface area contributed by atoms with Crippen molar-refractivity contribution in [2.75, 3.05) is 19.6 Å². The Balaban J connectivity index is 1.85. The second-order valence-corrected chi connectivity index (χ2v) is 4.36. The predicted octanol–water partition coefficient (Wildman–Crippen LogP) is -0.670. The van der Waals surface area contributed by atoms with Crippen molar-refractivity contribution in [2.45, 2.75) is 26.4 Å². The number of rotatable bonds is 6. The van der Waals surface area contributed by atoms with E-state index in [0.717, 1.165) is 18.7 Å². The Hall–Kier alpha value is -1.96. The molecule has 1 aliphatic heterocycles. The number of hydrogen-bond donors (Lipinski definition) is 2. The minimum atomic E-state index is -0.338. The van der Waals surface area contributed by atoms with Crippen molar-refractivity contribution >= 4 is 11.9 Å². The van der Waals surface area contributed by atoms with Crippen LogP contribution in [0.5, 0.6) is 0 Å². The Morgan fingerprint density at radius 1 is 1.58 bits per heavy atom. The number of nitrogens with one attached hydrogen (secondary N) is 2. The van der Waals surface area contributed by atoms with Crippen molar-refractivity contribution in [3.63, 3.8) is 0 Å². The third-order valence-electron chi connectivity index (χ3n) is 2.77. The van der Waals surface area contributed by atoms with Gasteiger partial charge in [0, 0.05) is 19.6 Å². The average Bonchev–Trinajstić information content (AvgIpc) is 2.99. The number of carbonyl (C=O) groups excluding carboxylic acids is 2. The molecule has 1 aromatic heterocycles. The molecule has 0 bridgehead atoms. The largest absolute Gasteiger partial charge is 0.336 e. The predicted molar refractivity (Wildman–Crippen MR) is 67.1 cm³/mol. The molecule has 0 atom stereocenters. The van der Waals surface area contributed by atoms with Crippen molar-refractivity contribution in [2.24, 2.45) is 0 Å². The number of imide groups is 1. The Labute approximate surface area is 111 Å². The molecule has 0 spiro atoms. The van der Waals surface area contributed by atoms with Gasteiger partial charge in [-0.3, -0.25) is 9.69 Å². The fourth-order valence-electron chi connectivity index (χ4n) is 1.82. The van der Waals surface area contributed by atoms with E-state index in [0.29, 0.717) is 19.6 Å². The van der Waals surface area contributed by atoms with E-state index in [1.54, 1.807) is 6.20 Å². The zero-order valence-corrected chi connectivity index (χ0v) is 10.9. The summed E-state index contributed by atoms with van der Waals surface area (Å²) in [5, 5.41) is 13.6. The van der Waals surface area contributed by atoms with Crippen LogP contribution in [-0.4, -0.2) is 51.5 Å². The zero-order valence-electron chi connectivity index (χ0n) is 10.9. The number of carbonyl (C=O) groups is 2. The Morgan fingerprint density at radius 2 is 2.42 bits per heavy atom. The summed E-state index contributed by atoms with van der Waals surface area (Å²) in [5.41, 5.74) is 0.784. The maximum absolute atomic E-state index is 11.9. The number of aromatic nitrogens is 3. The van der Waals surface area contributed by atoms with Gasteiger partial charge in [0.1, 0.15) is 6.54 Å². The van der Waals surface area contributed by atoms with Crippen LogP contribution in [0, 0.1) is 0 Å². The van der Waals surface area contributed by atoms with Gasteiger partial charge in [-0.05, 0) is 13.0 Å². The first kappa shape index (κ1) is 13.5. The molecule has 0 unspecified atom stereocenters. The smallest absolute Gasteiger partial charge is 0.324 e. The molecule has 1 aliphatic rings. The van der Waals surface area contributed by atoms with E-state index < -0.39 is 0 Å². The summed E-state index contributed by atoms with van der Waals surface area (Å²) in [7, 11) is 0. The molecule has 1 aromatic rings. The number of urea groups is 1. The molecule has 2 N–H and O–H groups in total. The third-order valence-corrected chi connectivity index (χ3v) is 2.77. The van der Waals surface area contributed by atoms with E-state index in [2.05, 4.69) is 27.9 Å². The normalized spacial score (nSPS) is 14.8. The van der Waals surface area contributed by atoms with E-state index >= 15 is 0 Å². The quantitative estimate of drug-likeness (QED) is 0.666. The van der Waals surface area contributed by atoms with Crippen LogP contribution < -0.4 is 10.6 Å². The van der Waals surface area contributed by atoms with Crippen LogP contribution >= 0.6 is 0 Å². The van der Waals surface area contributed by atoms with E-state index in [1.165, 1.54) is 9.58 Å². The molecule has 3 amide bonds.